The zero-order valence-corrected chi connectivity index (χ0v) is 21.7. The molecule has 0 saturated carbocycles. The van der Waals surface area contributed by atoms with E-state index in [1.807, 2.05) is 43.3 Å². The molecule has 1 atom stereocenters. The minimum absolute atomic E-state index is 0.0684. The number of hydrogen-bond acceptors (Lipinski definition) is 8. The fraction of sp³-hybridized carbons (Fsp3) is 0.308. The number of ether oxygens (including phenoxy) is 2. The van der Waals surface area contributed by atoms with Gasteiger partial charge in [0.2, 0.25) is 0 Å². The van der Waals surface area contributed by atoms with Crippen molar-refractivity contribution in [3.8, 4) is 5.75 Å². The number of pyridine rings is 1. The summed E-state index contributed by atoms with van der Waals surface area (Å²) in [5, 5.41) is 3.29. The Morgan fingerprint density at radius 2 is 2.06 bits per heavy atom. The van der Waals surface area contributed by atoms with Crippen LogP contribution in [0.25, 0.3) is 11.7 Å². The number of fused-ring (bicyclic) bond motifs is 1. The molecule has 1 amide bonds. The molecule has 36 heavy (non-hydrogen) atoms. The molecule has 0 radical (unpaired) electrons. The van der Waals surface area contributed by atoms with Crippen LogP contribution in [0.5, 0.6) is 5.75 Å². The molecule has 2 saturated heterocycles. The van der Waals surface area contributed by atoms with Gasteiger partial charge in [-0.1, -0.05) is 42.2 Å². The Labute approximate surface area is 218 Å². The minimum Gasteiger partial charge on any atom is -0.497 e. The van der Waals surface area contributed by atoms with Gasteiger partial charge in [0, 0.05) is 19.3 Å². The second kappa shape index (κ2) is 10.4. The fourth-order valence-electron chi connectivity index (χ4n) is 4.22. The Hall–Kier alpha value is -3.21. The van der Waals surface area contributed by atoms with Crippen molar-refractivity contribution in [1.82, 2.24) is 14.3 Å². The van der Waals surface area contributed by atoms with Gasteiger partial charge in [-0.05, 0) is 55.2 Å². The summed E-state index contributed by atoms with van der Waals surface area (Å²) in [7, 11) is 1.61. The van der Waals surface area contributed by atoms with Crippen LogP contribution in [0.2, 0.25) is 0 Å². The molecule has 0 spiro atoms. The minimum atomic E-state index is -0.251. The average Bonchev–Trinajstić information content (AvgIpc) is 3.49. The Kier molecular flexibility index (Phi) is 7.08. The lowest BCUT2D eigenvalue weighted by Gasteiger charge is -2.15. The SMILES string of the molecule is COc1ccc(CN2C(=O)/C(=C/c3c(NC[C@H]4CCCO4)nc4ccc(C)cn4c3=O)SC2=S)cc1. The first-order chi connectivity index (χ1) is 17.4. The second-order valence-electron chi connectivity index (χ2n) is 8.75. The fourth-order valence-corrected chi connectivity index (χ4v) is 5.46. The summed E-state index contributed by atoms with van der Waals surface area (Å²) in [5.41, 5.74) is 2.46. The number of benzene rings is 1. The molecule has 2 aromatic heterocycles. The first kappa shape index (κ1) is 24.5. The number of thioether (sulfide) groups is 1. The molecule has 186 valence electrons. The van der Waals surface area contributed by atoms with Crippen LogP contribution in [0.4, 0.5) is 5.82 Å². The van der Waals surface area contributed by atoms with Gasteiger partial charge in [-0.25, -0.2) is 4.98 Å². The maximum Gasteiger partial charge on any atom is 0.267 e. The predicted molar refractivity (Wildman–Crippen MR) is 145 cm³/mol. The lowest BCUT2D eigenvalue weighted by molar-refractivity contribution is -0.122. The smallest absolute Gasteiger partial charge is 0.267 e. The maximum absolute atomic E-state index is 13.5. The van der Waals surface area contributed by atoms with E-state index in [0.717, 1.165) is 36.3 Å². The highest BCUT2D eigenvalue weighted by Crippen LogP contribution is 2.34. The number of methoxy groups -OCH3 is 1. The largest absolute Gasteiger partial charge is 0.497 e. The Balaban J connectivity index is 1.48. The van der Waals surface area contributed by atoms with Crippen LogP contribution in [0, 0.1) is 6.92 Å². The van der Waals surface area contributed by atoms with Crippen LogP contribution >= 0.6 is 24.0 Å². The third-order valence-electron chi connectivity index (χ3n) is 6.18. The molecule has 1 N–H and O–H groups in total. The summed E-state index contributed by atoms with van der Waals surface area (Å²) < 4.78 is 12.9. The van der Waals surface area contributed by atoms with Gasteiger partial charge in [-0.3, -0.25) is 18.9 Å². The molecule has 2 fully saturated rings. The molecule has 0 unspecified atom stereocenters. The summed E-state index contributed by atoms with van der Waals surface area (Å²) in [4.78, 5) is 33.5. The zero-order valence-electron chi connectivity index (χ0n) is 20.0. The van der Waals surface area contributed by atoms with E-state index in [4.69, 9.17) is 26.7 Å². The summed E-state index contributed by atoms with van der Waals surface area (Å²) in [6.45, 7) is 3.53. The van der Waals surface area contributed by atoms with E-state index >= 15 is 0 Å². The molecule has 8 nitrogen and oxygen atoms in total. The number of thiocarbonyl (C=S) groups is 1. The highest BCUT2D eigenvalue weighted by atomic mass is 32.2. The molecule has 10 heteroatoms. The van der Waals surface area contributed by atoms with E-state index in [9.17, 15) is 9.59 Å². The van der Waals surface area contributed by atoms with Gasteiger partial charge in [0.1, 0.15) is 21.5 Å². The molecule has 4 heterocycles. The summed E-state index contributed by atoms with van der Waals surface area (Å²) >= 11 is 6.70. The summed E-state index contributed by atoms with van der Waals surface area (Å²) in [6, 6.07) is 11.2. The second-order valence-corrected chi connectivity index (χ2v) is 10.4. The molecule has 0 aliphatic carbocycles. The molecule has 1 aromatic carbocycles. The monoisotopic (exact) mass is 522 g/mol. The van der Waals surface area contributed by atoms with Crippen LogP contribution in [0.1, 0.15) is 29.5 Å². The number of aryl methyl sites for hydroxylation is 1. The van der Waals surface area contributed by atoms with E-state index in [1.165, 1.54) is 16.2 Å². The Bertz CT molecular complexity index is 1410. The number of hydrogen-bond donors (Lipinski definition) is 1. The average molecular weight is 523 g/mol. The Morgan fingerprint density at radius 3 is 2.78 bits per heavy atom. The number of nitrogens with zero attached hydrogens (tertiary/aromatic N) is 3. The standard InChI is InChI=1S/C26H26N4O4S2/c1-16-5-10-22-28-23(27-13-19-4-3-11-34-19)20(24(31)29(22)14-16)12-21-25(32)30(26(35)36-21)15-17-6-8-18(33-2)9-7-17/h5-10,12,14,19,27H,3-4,11,13,15H2,1-2H3/b21-12-/t19-/m1/s1. The highest BCUT2D eigenvalue weighted by molar-refractivity contribution is 8.26. The van der Waals surface area contributed by atoms with Gasteiger partial charge in [0.05, 0.1) is 30.2 Å². The molecule has 2 aliphatic rings. The van der Waals surface area contributed by atoms with Crippen LogP contribution < -0.4 is 15.6 Å². The van der Waals surface area contributed by atoms with Crippen LogP contribution in [0.3, 0.4) is 0 Å². The first-order valence-electron chi connectivity index (χ1n) is 11.7. The number of amides is 1. The quantitative estimate of drug-likeness (QED) is 0.368. The number of rotatable bonds is 7. The number of carbonyl (C=O) groups is 1. The van der Waals surface area contributed by atoms with E-state index in [-0.39, 0.29) is 17.6 Å². The van der Waals surface area contributed by atoms with Gasteiger partial charge in [-0.15, -0.1) is 0 Å². The van der Waals surface area contributed by atoms with Crippen molar-refractivity contribution in [3.05, 3.63) is 74.5 Å². The van der Waals surface area contributed by atoms with E-state index in [1.54, 1.807) is 24.3 Å². The third kappa shape index (κ3) is 5.02. The number of carbonyl (C=O) groups excluding carboxylic acids is 1. The van der Waals surface area contributed by atoms with Crippen LogP contribution in [-0.4, -0.2) is 50.9 Å². The topological polar surface area (TPSA) is 85.2 Å². The molecular formula is C26H26N4O4S2. The molecular weight excluding hydrogens is 496 g/mol. The van der Waals surface area contributed by atoms with E-state index < -0.39 is 0 Å². The summed E-state index contributed by atoms with van der Waals surface area (Å²) in [6.07, 6.45) is 5.40. The van der Waals surface area contributed by atoms with Crippen molar-refractivity contribution < 1.29 is 14.3 Å². The van der Waals surface area contributed by atoms with Gasteiger partial charge in [-0.2, -0.15) is 0 Å². The van der Waals surface area contributed by atoms with Crippen molar-refractivity contribution in [1.29, 1.82) is 0 Å². The number of anilines is 1. The van der Waals surface area contributed by atoms with Crippen molar-refractivity contribution >= 4 is 51.7 Å². The predicted octanol–water partition coefficient (Wildman–Crippen LogP) is 4.00. The molecule has 2 aliphatic heterocycles. The van der Waals surface area contributed by atoms with Crippen molar-refractivity contribution in [2.24, 2.45) is 0 Å². The van der Waals surface area contributed by atoms with E-state index in [0.29, 0.717) is 39.3 Å². The van der Waals surface area contributed by atoms with Gasteiger partial charge < -0.3 is 14.8 Å². The normalized spacial score (nSPS) is 19.0. The van der Waals surface area contributed by atoms with E-state index in [2.05, 4.69) is 5.32 Å². The van der Waals surface area contributed by atoms with Crippen molar-refractivity contribution in [2.45, 2.75) is 32.4 Å². The van der Waals surface area contributed by atoms with Gasteiger partial charge >= 0.3 is 0 Å². The number of aromatic nitrogens is 2. The molecule has 5 rings (SSSR count). The molecule has 3 aromatic rings. The number of nitrogens with one attached hydrogen (secondary N) is 1. The van der Waals surface area contributed by atoms with Crippen LogP contribution in [-0.2, 0) is 16.1 Å². The lowest BCUT2D eigenvalue weighted by Crippen LogP contribution is -2.27. The third-order valence-corrected chi connectivity index (χ3v) is 7.55. The van der Waals surface area contributed by atoms with Crippen molar-refractivity contribution in [3.63, 3.8) is 0 Å². The zero-order chi connectivity index (χ0) is 25.2. The van der Waals surface area contributed by atoms with Gasteiger partial charge in [0.15, 0.2) is 0 Å². The Morgan fingerprint density at radius 1 is 1.25 bits per heavy atom. The molecule has 0 bridgehead atoms. The van der Waals surface area contributed by atoms with Crippen molar-refractivity contribution in [2.75, 3.05) is 25.6 Å². The lowest BCUT2D eigenvalue weighted by atomic mass is 10.2. The van der Waals surface area contributed by atoms with Crippen LogP contribution in [0.15, 0.2) is 52.3 Å². The maximum atomic E-state index is 13.5. The van der Waals surface area contributed by atoms with Gasteiger partial charge in [0.25, 0.3) is 11.5 Å². The summed E-state index contributed by atoms with van der Waals surface area (Å²) in [5.74, 6) is 0.936. The first-order valence-corrected chi connectivity index (χ1v) is 12.9. The highest BCUT2D eigenvalue weighted by Gasteiger charge is 2.33.